The number of hydrogen-bond acceptors (Lipinski definition) is 6. The monoisotopic (exact) mass is 556 g/mol. The first-order chi connectivity index (χ1) is 18.8. The standard InChI is InChI=1S/C31H41ClN2O5/c1-4-31(2,3)28(35)29(36)34-20-9-8-16-26(34)30(37)39-27(18-17-23-12-6-5-7-13-23)24-14-10-15-25(22-24)38-21-11-19-33-32/h5-7,10,12-15,22,26-27,33H,4,8-9,11,16-21H2,1-3H3. The summed E-state index contributed by atoms with van der Waals surface area (Å²) < 4.78 is 12.0. The third kappa shape index (κ3) is 8.80. The van der Waals surface area contributed by atoms with Crippen molar-refractivity contribution in [3.05, 3.63) is 65.7 Å². The molecule has 1 amide bonds. The van der Waals surface area contributed by atoms with E-state index in [-0.39, 0.29) is 0 Å². The van der Waals surface area contributed by atoms with Gasteiger partial charge in [-0.15, -0.1) is 0 Å². The maximum Gasteiger partial charge on any atom is 0.329 e. The summed E-state index contributed by atoms with van der Waals surface area (Å²) in [6.45, 7) is 6.93. The predicted molar refractivity (Wildman–Crippen MR) is 152 cm³/mol. The number of halogens is 1. The van der Waals surface area contributed by atoms with Crippen LogP contribution in [0.1, 0.15) is 76.5 Å². The summed E-state index contributed by atoms with van der Waals surface area (Å²) in [5, 5.41) is 0. The number of esters is 1. The number of carbonyl (C=O) groups is 3. The fourth-order valence-corrected chi connectivity index (χ4v) is 4.72. The smallest absolute Gasteiger partial charge is 0.329 e. The predicted octanol–water partition coefficient (Wildman–Crippen LogP) is 5.80. The van der Waals surface area contributed by atoms with Gasteiger partial charge >= 0.3 is 5.97 Å². The number of piperidine rings is 1. The second kappa shape index (κ2) is 15.0. The van der Waals surface area contributed by atoms with Crippen molar-refractivity contribution in [2.75, 3.05) is 19.7 Å². The van der Waals surface area contributed by atoms with Crippen LogP contribution in [0.3, 0.4) is 0 Å². The zero-order valence-electron chi connectivity index (χ0n) is 23.3. The number of ether oxygens (including phenoxy) is 2. The van der Waals surface area contributed by atoms with Crippen molar-refractivity contribution >= 4 is 29.4 Å². The molecule has 2 unspecified atom stereocenters. The summed E-state index contributed by atoms with van der Waals surface area (Å²) >= 11 is 5.53. The number of rotatable bonds is 14. The topological polar surface area (TPSA) is 84.9 Å². The van der Waals surface area contributed by atoms with E-state index in [1.54, 1.807) is 13.8 Å². The second-order valence-corrected chi connectivity index (χ2v) is 11.0. The van der Waals surface area contributed by atoms with E-state index in [2.05, 4.69) is 4.84 Å². The van der Waals surface area contributed by atoms with Gasteiger partial charge in [0.15, 0.2) is 0 Å². The van der Waals surface area contributed by atoms with Crippen LogP contribution in [0.2, 0.25) is 0 Å². The fraction of sp³-hybridized carbons (Fsp3) is 0.516. The molecule has 212 valence electrons. The first-order valence-corrected chi connectivity index (χ1v) is 14.3. The molecular weight excluding hydrogens is 516 g/mol. The number of hydrogen-bond donors (Lipinski definition) is 1. The lowest BCUT2D eigenvalue weighted by Gasteiger charge is -2.36. The van der Waals surface area contributed by atoms with Crippen LogP contribution in [0.15, 0.2) is 54.6 Å². The minimum atomic E-state index is -0.776. The third-order valence-corrected chi connectivity index (χ3v) is 7.63. The molecule has 7 nitrogen and oxygen atoms in total. The van der Waals surface area contributed by atoms with Gasteiger partial charge in [0.25, 0.3) is 5.91 Å². The zero-order valence-corrected chi connectivity index (χ0v) is 24.0. The molecule has 2 aromatic carbocycles. The zero-order chi connectivity index (χ0) is 28.3. The van der Waals surface area contributed by atoms with Crippen molar-refractivity contribution in [2.24, 2.45) is 5.41 Å². The molecule has 0 radical (unpaired) electrons. The van der Waals surface area contributed by atoms with Gasteiger partial charge in [0.05, 0.1) is 6.61 Å². The minimum absolute atomic E-state index is 0.374. The number of benzene rings is 2. The summed E-state index contributed by atoms with van der Waals surface area (Å²) in [4.78, 5) is 43.8. The molecule has 0 saturated carbocycles. The lowest BCUT2D eigenvalue weighted by molar-refractivity contribution is -0.164. The Kier molecular flexibility index (Phi) is 11.8. The molecule has 39 heavy (non-hydrogen) atoms. The van der Waals surface area contributed by atoms with Crippen LogP contribution >= 0.6 is 11.8 Å². The lowest BCUT2D eigenvalue weighted by atomic mass is 9.84. The quantitative estimate of drug-likeness (QED) is 0.137. The maximum atomic E-state index is 13.6. The molecular formula is C31H41ClN2O5. The number of amides is 1. The molecule has 3 rings (SSSR count). The number of Topliss-reactive ketones (excluding diaryl/α,β-unsaturated/α-hetero) is 1. The van der Waals surface area contributed by atoms with Crippen LogP contribution in [0.25, 0.3) is 0 Å². The summed E-state index contributed by atoms with van der Waals surface area (Å²) in [6.07, 6.45) is 4.07. The Labute approximate surface area is 237 Å². The molecule has 2 aromatic rings. The van der Waals surface area contributed by atoms with Gasteiger partial charge in [-0.1, -0.05) is 63.2 Å². The van der Waals surface area contributed by atoms with Crippen molar-refractivity contribution in [3.8, 4) is 5.75 Å². The average molecular weight is 557 g/mol. The van der Waals surface area contributed by atoms with E-state index in [1.165, 1.54) is 4.90 Å². The molecule has 1 aliphatic rings. The first-order valence-electron chi connectivity index (χ1n) is 13.9. The van der Waals surface area contributed by atoms with Gasteiger partial charge in [-0.25, -0.2) is 9.63 Å². The number of aryl methyl sites for hydroxylation is 1. The number of nitrogens with one attached hydrogen (secondary N) is 1. The molecule has 1 heterocycles. The molecule has 0 bridgehead atoms. The second-order valence-electron chi connectivity index (χ2n) is 10.7. The number of likely N-dealkylation sites (tertiary alicyclic amines) is 1. The van der Waals surface area contributed by atoms with Gasteiger partial charge in [0.2, 0.25) is 5.78 Å². The van der Waals surface area contributed by atoms with Gasteiger partial charge in [-0.3, -0.25) is 9.59 Å². The Bertz CT molecular complexity index is 1090. The van der Waals surface area contributed by atoms with Crippen molar-refractivity contribution in [1.82, 2.24) is 9.74 Å². The van der Waals surface area contributed by atoms with Crippen LogP contribution in [0.5, 0.6) is 5.75 Å². The normalized spacial score (nSPS) is 16.4. The maximum absolute atomic E-state index is 13.6. The van der Waals surface area contributed by atoms with Crippen molar-refractivity contribution in [2.45, 2.75) is 77.9 Å². The van der Waals surface area contributed by atoms with Crippen LogP contribution in [0.4, 0.5) is 0 Å². The molecule has 1 saturated heterocycles. The van der Waals surface area contributed by atoms with Crippen molar-refractivity contribution < 1.29 is 23.9 Å². The van der Waals surface area contributed by atoms with Crippen LogP contribution in [-0.2, 0) is 25.5 Å². The van der Waals surface area contributed by atoms with E-state index in [0.29, 0.717) is 51.1 Å². The molecule has 1 N–H and O–H groups in total. The molecule has 1 aliphatic heterocycles. The van der Waals surface area contributed by atoms with E-state index in [0.717, 1.165) is 30.4 Å². The Morgan fingerprint density at radius 2 is 1.87 bits per heavy atom. The Morgan fingerprint density at radius 3 is 2.59 bits per heavy atom. The summed E-state index contributed by atoms with van der Waals surface area (Å²) in [5.41, 5.74) is 1.19. The van der Waals surface area contributed by atoms with Crippen molar-refractivity contribution in [1.29, 1.82) is 0 Å². The van der Waals surface area contributed by atoms with E-state index >= 15 is 0 Å². The SMILES string of the molecule is CCC(C)(C)C(=O)C(=O)N1CCCCC1C(=O)OC(CCc1ccccc1)c1cccc(OCCCNCl)c1. The van der Waals surface area contributed by atoms with E-state index in [9.17, 15) is 14.4 Å². The summed E-state index contributed by atoms with van der Waals surface area (Å²) in [5.74, 6) is -0.835. The largest absolute Gasteiger partial charge is 0.494 e. The molecule has 0 spiro atoms. The molecule has 0 aromatic heterocycles. The third-order valence-electron chi connectivity index (χ3n) is 7.44. The number of nitrogens with zero attached hydrogens (tertiary/aromatic N) is 1. The number of ketones is 1. The lowest BCUT2D eigenvalue weighted by Crippen LogP contribution is -2.53. The van der Waals surface area contributed by atoms with Crippen molar-refractivity contribution in [3.63, 3.8) is 0 Å². The highest BCUT2D eigenvalue weighted by molar-refractivity contribution is 6.38. The molecule has 2 atom stereocenters. The van der Waals surface area contributed by atoms with Crippen LogP contribution in [-0.4, -0.2) is 48.3 Å². The van der Waals surface area contributed by atoms with Gasteiger partial charge in [0, 0.05) is 18.5 Å². The molecule has 8 heteroatoms. The van der Waals surface area contributed by atoms with Gasteiger partial charge in [-0.2, -0.15) is 0 Å². The van der Waals surface area contributed by atoms with Gasteiger partial charge in [0.1, 0.15) is 17.9 Å². The summed E-state index contributed by atoms with van der Waals surface area (Å²) in [7, 11) is 0. The van der Waals surface area contributed by atoms with Gasteiger partial charge in [-0.05, 0) is 80.0 Å². The van der Waals surface area contributed by atoms with E-state index < -0.39 is 35.2 Å². The minimum Gasteiger partial charge on any atom is -0.494 e. The summed E-state index contributed by atoms with van der Waals surface area (Å²) in [6, 6.07) is 16.8. The first kappa shape index (κ1) is 30.6. The number of carbonyl (C=O) groups excluding carboxylic acids is 3. The van der Waals surface area contributed by atoms with E-state index in [4.69, 9.17) is 21.3 Å². The van der Waals surface area contributed by atoms with Crippen LogP contribution < -0.4 is 9.57 Å². The highest BCUT2D eigenvalue weighted by Crippen LogP contribution is 2.30. The Balaban J connectivity index is 1.79. The highest BCUT2D eigenvalue weighted by atomic mass is 35.5. The van der Waals surface area contributed by atoms with Crippen LogP contribution in [0, 0.1) is 5.41 Å². The van der Waals surface area contributed by atoms with E-state index in [1.807, 2.05) is 61.5 Å². The Morgan fingerprint density at radius 1 is 1.10 bits per heavy atom. The van der Waals surface area contributed by atoms with Gasteiger partial charge < -0.3 is 14.4 Å². The highest BCUT2D eigenvalue weighted by Gasteiger charge is 2.41. The molecule has 1 fully saturated rings. The fourth-order valence-electron chi connectivity index (χ4n) is 4.59. The Hall–Kier alpha value is -2.90. The molecule has 0 aliphatic carbocycles. The average Bonchev–Trinajstić information content (AvgIpc) is 2.97.